The summed E-state index contributed by atoms with van der Waals surface area (Å²) < 4.78 is 0. The zero-order valence-electron chi connectivity index (χ0n) is 11.1. The van der Waals surface area contributed by atoms with Crippen LogP contribution in [0.25, 0.3) is 0 Å². The summed E-state index contributed by atoms with van der Waals surface area (Å²) >= 11 is 0. The minimum atomic E-state index is -0.937. The van der Waals surface area contributed by atoms with Gasteiger partial charge in [0, 0.05) is 12.5 Å². The van der Waals surface area contributed by atoms with Gasteiger partial charge in [-0.3, -0.25) is 9.59 Å². The Kier molecular flexibility index (Phi) is 5.36. The van der Waals surface area contributed by atoms with Crippen molar-refractivity contribution in [3.63, 3.8) is 0 Å². The molecule has 0 aliphatic rings. The third-order valence-corrected chi connectivity index (χ3v) is 3.14. The molecule has 0 spiro atoms. The zero-order valence-corrected chi connectivity index (χ0v) is 11.1. The predicted molar refractivity (Wildman–Crippen MR) is 70.8 cm³/mol. The number of rotatable bonds is 6. The summed E-state index contributed by atoms with van der Waals surface area (Å²) in [7, 11) is 0. The van der Waals surface area contributed by atoms with E-state index in [0.717, 1.165) is 0 Å². The maximum Gasteiger partial charge on any atom is 0.308 e. The number of carboxylic acid groups (broad SMARTS) is 1. The fourth-order valence-electron chi connectivity index (χ4n) is 1.64. The van der Waals surface area contributed by atoms with Gasteiger partial charge in [-0.15, -0.1) is 0 Å². The lowest BCUT2D eigenvalue weighted by Gasteiger charge is -2.17. The Hall–Kier alpha value is -2.04. The van der Waals surface area contributed by atoms with Gasteiger partial charge in [0.15, 0.2) is 0 Å². The van der Waals surface area contributed by atoms with E-state index in [1.165, 1.54) is 0 Å². The molecule has 0 aliphatic carbocycles. The third kappa shape index (κ3) is 4.62. The Morgan fingerprint density at radius 2 is 1.89 bits per heavy atom. The summed E-state index contributed by atoms with van der Waals surface area (Å²) in [6.45, 7) is 3.22. The first kappa shape index (κ1) is 15.0. The molecule has 5 heteroatoms. The van der Waals surface area contributed by atoms with E-state index in [4.69, 9.17) is 5.11 Å². The van der Waals surface area contributed by atoms with Crippen LogP contribution in [0.15, 0.2) is 24.3 Å². The predicted octanol–water partition coefficient (Wildman–Crippen LogP) is 1.55. The molecular formula is C14H19NO4. The number of carboxylic acids is 1. The minimum absolute atomic E-state index is 0.169. The number of aromatic hydroxyl groups is 1. The van der Waals surface area contributed by atoms with E-state index in [0.29, 0.717) is 12.0 Å². The number of aliphatic carboxylic acids is 1. The number of carbonyl (C=O) groups excluding carboxylic acids is 1. The summed E-state index contributed by atoms with van der Waals surface area (Å²) in [5.41, 5.74) is 0.705. The molecule has 1 rings (SSSR count). The Balaban J connectivity index is 2.44. The summed E-state index contributed by atoms with van der Waals surface area (Å²) in [4.78, 5) is 22.4. The number of amides is 1. The van der Waals surface area contributed by atoms with Gasteiger partial charge in [-0.1, -0.05) is 18.2 Å². The van der Waals surface area contributed by atoms with E-state index in [9.17, 15) is 14.7 Å². The largest absolute Gasteiger partial charge is 0.508 e. The number of carbonyl (C=O) groups is 2. The Bertz CT molecular complexity index is 459. The lowest BCUT2D eigenvalue weighted by molar-refractivity contribution is -0.142. The number of hydrogen-bond acceptors (Lipinski definition) is 3. The molecule has 1 amide bonds. The van der Waals surface area contributed by atoms with Gasteiger partial charge in [-0.25, -0.2) is 0 Å². The van der Waals surface area contributed by atoms with Gasteiger partial charge in [0.1, 0.15) is 5.75 Å². The highest BCUT2D eigenvalue weighted by Crippen LogP contribution is 2.17. The van der Waals surface area contributed by atoms with Gasteiger partial charge in [0.05, 0.1) is 5.92 Å². The van der Waals surface area contributed by atoms with Crippen LogP contribution in [0, 0.1) is 5.92 Å². The molecule has 0 fully saturated rings. The monoisotopic (exact) mass is 265 g/mol. The van der Waals surface area contributed by atoms with Crippen LogP contribution in [0.3, 0.4) is 0 Å². The molecule has 0 radical (unpaired) electrons. The van der Waals surface area contributed by atoms with Crippen LogP contribution >= 0.6 is 0 Å². The average Bonchev–Trinajstić information content (AvgIpc) is 2.36. The van der Waals surface area contributed by atoms with Crippen molar-refractivity contribution in [2.24, 2.45) is 5.92 Å². The average molecular weight is 265 g/mol. The van der Waals surface area contributed by atoms with Gasteiger partial charge in [-0.05, 0) is 31.9 Å². The van der Waals surface area contributed by atoms with Gasteiger partial charge in [-0.2, -0.15) is 0 Å². The van der Waals surface area contributed by atoms with Crippen molar-refractivity contribution in [2.45, 2.75) is 32.7 Å². The van der Waals surface area contributed by atoms with E-state index in [1.54, 1.807) is 38.1 Å². The molecule has 2 unspecified atom stereocenters. The zero-order chi connectivity index (χ0) is 14.4. The normalized spacial score (nSPS) is 13.6. The van der Waals surface area contributed by atoms with Crippen molar-refractivity contribution in [2.75, 3.05) is 0 Å². The lowest BCUT2D eigenvalue weighted by Crippen LogP contribution is -2.40. The van der Waals surface area contributed by atoms with Crippen LogP contribution in [-0.4, -0.2) is 28.1 Å². The SMILES string of the molecule is CC(NC(=O)CCc1ccccc1O)C(C)C(=O)O. The van der Waals surface area contributed by atoms with Crippen molar-refractivity contribution in [3.05, 3.63) is 29.8 Å². The molecule has 0 bridgehead atoms. The molecule has 0 saturated carbocycles. The summed E-state index contributed by atoms with van der Waals surface area (Å²) in [6, 6.07) is 6.42. The van der Waals surface area contributed by atoms with Crippen LogP contribution in [0.1, 0.15) is 25.8 Å². The molecule has 0 aromatic heterocycles. The molecule has 0 aliphatic heterocycles. The number of benzene rings is 1. The van der Waals surface area contributed by atoms with Gasteiger partial charge in [0.2, 0.25) is 5.91 Å². The second kappa shape index (κ2) is 6.78. The smallest absolute Gasteiger partial charge is 0.308 e. The number of phenols is 1. The number of para-hydroxylation sites is 1. The van der Waals surface area contributed by atoms with Gasteiger partial charge in [0.25, 0.3) is 0 Å². The number of phenolic OH excluding ortho intramolecular Hbond substituents is 1. The van der Waals surface area contributed by atoms with Crippen LogP contribution in [0.2, 0.25) is 0 Å². The molecule has 3 N–H and O–H groups in total. The first-order valence-electron chi connectivity index (χ1n) is 6.21. The Morgan fingerprint density at radius 3 is 2.47 bits per heavy atom. The topological polar surface area (TPSA) is 86.6 Å². The third-order valence-electron chi connectivity index (χ3n) is 3.14. The maximum atomic E-state index is 11.7. The number of nitrogens with one attached hydrogen (secondary N) is 1. The first-order valence-corrected chi connectivity index (χ1v) is 6.21. The van der Waals surface area contributed by atoms with Crippen LogP contribution in [-0.2, 0) is 16.0 Å². The van der Waals surface area contributed by atoms with Gasteiger partial charge >= 0.3 is 5.97 Å². The molecule has 1 aromatic carbocycles. The minimum Gasteiger partial charge on any atom is -0.508 e. The van der Waals surface area contributed by atoms with E-state index >= 15 is 0 Å². The Morgan fingerprint density at radius 1 is 1.26 bits per heavy atom. The highest BCUT2D eigenvalue weighted by atomic mass is 16.4. The van der Waals surface area contributed by atoms with Crippen LogP contribution < -0.4 is 5.32 Å². The highest BCUT2D eigenvalue weighted by Gasteiger charge is 2.20. The molecular weight excluding hydrogens is 246 g/mol. The maximum absolute atomic E-state index is 11.7. The van der Waals surface area contributed by atoms with E-state index in [2.05, 4.69) is 5.32 Å². The molecule has 19 heavy (non-hydrogen) atoms. The van der Waals surface area contributed by atoms with E-state index in [-0.39, 0.29) is 18.1 Å². The molecule has 0 heterocycles. The molecule has 0 saturated heterocycles. The summed E-state index contributed by atoms with van der Waals surface area (Å²) in [6.07, 6.45) is 0.640. The number of aryl methyl sites for hydroxylation is 1. The van der Waals surface area contributed by atoms with Crippen molar-refractivity contribution < 1.29 is 19.8 Å². The standard InChI is InChI=1S/C14H19NO4/c1-9(14(18)19)10(2)15-13(17)8-7-11-5-3-4-6-12(11)16/h3-6,9-10,16H,7-8H2,1-2H3,(H,15,17)(H,18,19). The van der Waals surface area contributed by atoms with Crippen molar-refractivity contribution in [1.29, 1.82) is 0 Å². The fraction of sp³-hybridized carbons (Fsp3) is 0.429. The molecule has 5 nitrogen and oxygen atoms in total. The number of hydrogen-bond donors (Lipinski definition) is 3. The molecule has 1 aromatic rings. The van der Waals surface area contributed by atoms with Crippen LogP contribution in [0.5, 0.6) is 5.75 Å². The second-order valence-electron chi connectivity index (χ2n) is 4.61. The van der Waals surface area contributed by atoms with E-state index < -0.39 is 17.9 Å². The van der Waals surface area contributed by atoms with Crippen molar-refractivity contribution in [3.8, 4) is 5.75 Å². The quantitative estimate of drug-likeness (QED) is 0.728. The molecule has 2 atom stereocenters. The summed E-state index contributed by atoms with van der Waals surface area (Å²) in [5.74, 6) is -1.62. The van der Waals surface area contributed by atoms with Crippen LogP contribution in [0.4, 0.5) is 0 Å². The highest BCUT2D eigenvalue weighted by molar-refractivity contribution is 5.78. The van der Waals surface area contributed by atoms with Gasteiger partial charge < -0.3 is 15.5 Å². The Labute approximate surface area is 112 Å². The molecule has 104 valence electrons. The lowest BCUT2D eigenvalue weighted by atomic mass is 10.0. The fourth-order valence-corrected chi connectivity index (χ4v) is 1.64. The van der Waals surface area contributed by atoms with E-state index in [1.807, 2.05) is 0 Å². The van der Waals surface area contributed by atoms with Crippen molar-refractivity contribution >= 4 is 11.9 Å². The first-order chi connectivity index (χ1) is 8.91. The second-order valence-corrected chi connectivity index (χ2v) is 4.61. The van der Waals surface area contributed by atoms with Crippen molar-refractivity contribution in [1.82, 2.24) is 5.32 Å². The summed E-state index contributed by atoms with van der Waals surface area (Å²) in [5, 5.41) is 21.0.